The smallest absolute Gasteiger partial charge is 0.255 e. The van der Waals surface area contributed by atoms with Gasteiger partial charge in [0.05, 0.1) is 5.56 Å². The molecule has 1 aromatic rings. The van der Waals surface area contributed by atoms with Crippen LogP contribution in [-0.4, -0.2) is 64.1 Å². The van der Waals surface area contributed by atoms with Crippen molar-refractivity contribution in [3.05, 3.63) is 39.7 Å². The van der Waals surface area contributed by atoms with Crippen molar-refractivity contribution < 1.29 is 34.8 Å². The normalized spacial score (nSPS) is 25.4. The fraction of sp³-hybridized carbons (Fsp3) is 0.500. The molecule has 1 saturated carbocycles. The van der Waals surface area contributed by atoms with E-state index in [1.54, 1.807) is 0 Å². The van der Waals surface area contributed by atoms with Gasteiger partial charge in [0.15, 0.2) is 11.4 Å². The molecule has 1 fully saturated rings. The predicted octanol–water partition coefficient (Wildman–Crippen LogP) is 1.38. The second-order valence-electron chi connectivity index (χ2n) is 10.1. The van der Waals surface area contributed by atoms with Crippen molar-refractivity contribution >= 4 is 28.9 Å². The molecule has 3 unspecified atom stereocenters. The van der Waals surface area contributed by atoms with Crippen molar-refractivity contribution in [2.45, 2.75) is 51.2 Å². The number of phenols is 1. The highest BCUT2D eigenvalue weighted by atomic mass is 16.3. The molecule has 36 heavy (non-hydrogen) atoms. The van der Waals surface area contributed by atoms with Crippen molar-refractivity contribution in [2.24, 2.45) is 17.6 Å². The standard InChI is InChI=1S/C26H33N3O7/c1-4-5-6-28-11-13-9-16(29(2)3)15-8-12-7-14-10-17(30)20(25(27)35)24(34)26(14,36)23(33)18(12)22(32)19(15)21(13)31/h9,12,14,28,31-32,34,36H,4-8,10-11H2,1-3H3,(H2,27,35). The number of rotatable bonds is 7. The van der Waals surface area contributed by atoms with Crippen LogP contribution in [0.2, 0.25) is 0 Å². The van der Waals surface area contributed by atoms with Crippen LogP contribution in [0.3, 0.4) is 0 Å². The summed E-state index contributed by atoms with van der Waals surface area (Å²) in [6.07, 6.45) is 2.02. The van der Waals surface area contributed by atoms with Crippen LogP contribution in [-0.2, 0) is 27.3 Å². The molecule has 0 heterocycles. The summed E-state index contributed by atoms with van der Waals surface area (Å²) in [5.41, 5.74) is 3.81. The molecule has 3 aliphatic carbocycles. The molecule has 0 aliphatic heterocycles. The number of hydrogen-bond donors (Lipinski definition) is 6. The SMILES string of the molecule is CCCCNCc1cc(N(C)C)c2c(c1O)C(O)=C1C(=O)C3(O)C(O)=C(C(N)=O)C(=O)CC3CC1C2. The van der Waals surface area contributed by atoms with Gasteiger partial charge in [0.1, 0.15) is 22.8 Å². The Balaban J connectivity index is 1.87. The number of benzene rings is 1. The maximum absolute atomic E-state index is 13.7. The van der Waals surface area contributed by atoms with Crippen molar-refractivity contribution in [1.29, 1.82) is 0 Å². The Kier molecular flexibility index (Phi) is 6.61. The van der Waals surface area contributed by atoms with Gasteiger partial charge in [-0.15, -0.1) is 0 Å². The Hall–Kier alpha value is -3.37. The number of fused-ring (bicyclic) bond motifs is 3. The Morgan fingerprint density at radius 2 is 1.92 bits per heavy atom. The molecule has 0 saturated heterocycles. The summed E-state index contributed by atoms with van der Waals surface area (Å²) in [7, 11) is 3.69. The summed E-state index contributed by atoms with van der Waals surface area (Å²) in [4.78, 5) is 39.8. The highest BCUT2D eigenvalue weighted by Crippen LogP contribution is 2.53. The van der Waals surface area contributed by atoms with Gasteiger partial charge in [0, 0.05) is 49.8 Å². The van der Waals surface area contributed by atoms with Gasteiger partial charge in [-0.05, 0) is 43.4 Å². The molecule has 4 rings (SSSR count). The van der Waals surface area contributed by atoms with E-state index in [-0.39, 0.29) is 36.1 Å². The van der Waals surface area contributed by atoms with Crippen molar-refractivity contribution in [1.82, 2.24) is 5.32 Å². The van der Waals surface area contributed by atoms with E-state index in [0.29, 0.717) is 17.7 Å². The van der Waals surface area contributed by atoms with Gasteiger partial charge in [-0.2, -0.15) is 0 Å². The van der Waals surface area contributed by atoms with Gasteiger partial charge in [0.2, 0.25) is 5.78 Å². The number of aromatic hydroxyl groups is 1. The molecule has 10 heteroatoms. The Labute approximate surface area is 209 Å². The van der Waals surface area contributed by atoms with E-state index in [9.17, 15) is 34.8 Å². The number of anilines is 1. The molecule has 194 valence electrons. The van der Waals surface area contributed by atoms with Gasteiger partial charge in [-0.3, -0.25) is 14.4 Å². The quantitative estimate of drug-likeness (QED) is 0.239. The summed E-state index contributed by atoms with van der Waals surface area (Å²) in [6.45, 7) is 3.17. The number of Topliss-reactive ketones (excluding diaryl/α,β-unsaturated/α-hetero) is 2. The van der Waals surface area contributed by atoms with Crippen LogP contribution in [0.25, 0.3) is 5.76 Å². The molecular formula is C26H33N3O7. The van der Waals surface area contributed by atoms with Crippen LogP contribution in [0, 0.1) is 11.8 Å². The number of nitrogens with two attached hydrogens (primary N) is 1. The van der Waals surface area contributed by atoms with E-state index in [1.807, 2.05) is 25.1 Å². The zero-order valence-electron chi connectivity index (χ0n) is 20.7. The first kappa shape index (κ1) is 25.7. The van der Waals surface area contributed by atoms with Crippen molar-refractivity contribution in [2.75, 3.05) is 25.5 Å². The number of ketones is 2. The number of amides is 1. The van der Waals surface area contributed by atoms with Crippen LogP contribution >= 0.6 is 0 Å². The molecule has 0 bridgehead atoms. The lowest BCUT2D eigenvalue weighted by atomic mass is 9.59. The molecule has 3 atom stereocenters. The molecule has 0 radical (unpaired) electrons. The van der Waals surface area contributed by atoms with E-state index in [2.05, 4.69) is 12.2 Å². The average molecular weight is 500 g/mol. The third-order valence-corrected chi connectivity index (χ3v) is 7.62. The zero-order valence-corrected chi connectivity index (χ0v) is 20.7. The molecule has 0 spiro atoms. The summed E-state index contributed by atoms with van der Waals surface area (Å²) < 4.78 is 0. The maximum atomic E-state index is 13.7. The molecule has 3 aliphatic rings. The largest absolute Gasteiger partial charge is 0.508 e. The molecule has 1 amide bonds. The number of phenolic OH excluding ortho intramolecular Hbond substituents is 1. The Bertz CT molecular complexity index is 1220. The number of carbonyl (C=O) groups is 3. The fourth-order valence-corrected chi connectivity index (χ4v) is 5.78. The lowest BCUT2D eigenvalue weighted by molar-refractivity contribution is -0.147. The highest BCUT2D eigenvalue weighted by Gasteiger charge is 2.60. The minimum absolute atomic E-state index is 0.108. The van der Waals surface area contributed by atoms with Crippen LogP contribution in [0.15, 0.2) is 23.0 Å². The number of aliphatic hydroxyl groups is 3. The maximum Gasteiger partial charge on any atom is 0.255 e. The summed E-state index contributed by atoms with van der Waals surface area (Å²) >= 11 is 0. The molecule has 0 aromatic heterocycles. The lowest BCUT2D eigenvalue weighted by Gasteiger charge is -2.46. The number of primary amides is 1. The third-order valence-electron chi connectivity index (χ3n) is 7.62. The first-order valence-corrected chi connectivity index (χ1v) is 12.2. The second-order valence-corrected chi connectivity index (χ2v) is 10.1. The van der Waals surface area contributed by atoms with Gasteiger partial charge >= 0.3 is 0 Å². The van der Waals surface area contributed by atoms with E-state index in [4.69, 9.17) is 5.73 Å². The van der Waals surface area contributed by atoms with E-state index in [0.717, 1.165) is 25.1 Å². The number of nitrogens with zero attached hydrogens (tertiary/aromatic N) is 1. The van der Waals surface area contributed by atoms with Gasteiger partial charge in [-0.1, -0.05) is 13.3 Å². The minimum Gasteiger partial charge on any atom is -0.508 e. The Morgan fingerprint density at radius 3 is 2.53 bits per heavy atom. The summed E-state index contributed by atoms with van der Waals surface area (Å²) in [6, 6.07) is 1.85. The zero-order chi connectivity index (χ0) is 26.5. The summed E-state index contributed by atoms with van der Waals surface area (Å²) in [5.74, 6) is -6.21. The topological polar surface area (TPSA) is 173 Å². The highest BCUT2D eigenvalue weighted by molar-refractivity contribution is 6.22. The third kappa shape index (κ3) is 3.75. The van der Waals surface area contributed by atoms with Crippen molar-refractivity contribution in [3.63, 3.8) is 0 Å². The second kappa shape index (κ2) is 9.25. The monoisotopic (exact) mass is 499 g/mol. The van der Waals surface area contributed by atoms with E-state index < -0.39 is 52.0 Å². The number of unbranched alkanes of at least 4 members (excludes halogenated alkanes) is 1. The molecule has 10 nitrogen and oxygen atoms in total. The number of nitrogens with one attached hydrogen (secondary N) is 1. The van der Waals surface area contributed by atoms with Crippen LogP contribution in [0.5, 0.6) is 5.75 Å². The summed E-state index contributed by atoms with van der Waals surface area (Å²) in [5, 5.41) is 47.8. The Morgan fingerprint density at radius 1 is 1.22 bits per heavy atom. The van der Waals surface area contributed by atoms with Gasteiger partial charge < -0.3 is 36.4 Å². The van der Waals surface area contributed by atoms with Crippen molar-refractivity contribution in [3.8, 4) is 5.75 Å². The minimum atomic E-state index is -2.56. The van der Waals surface area contributed by atoms with E-state index in [1.165, 1.54) is 0 Å². The van der Waals surface area contributed by atoms with Gasteiger partial charge in [0.25, 0.3) is 5.91 Å². The molecular weight excluding hydrogens is 466 g/mol. The first-order valence-electron chi connectivity index (χ1n) is 12.2. The molecule has 7 N–H and O–H groups in total. The molecule has 1 aromatic carbocycles. The number of aliphatic hydroxyl groups excluding tert-OH is 2. The predicted molar refractivity (Wildman–Crippen MR) is 132 cm³/mol. The number of carbonyl (C=O) groups excluding carboxylic acids is 3. The van der Waals surface area contributed by atoms with E-state index >= 15 is 0 Å². The number of hydrogen-bond acceptors (Lipinski definition) is 9. The average Bonchev–Trinajstić information content (AvgIpc) is 2.79. The lowest BCUT2D eigenvalue weighted by Crippen LogP contribution is -2.58. The van der Waals surface area contributed by atoms with Crippen LogP contribution < -0.4 is 16.0 Å². The van der Waals surface area contributed by atoms with Gasteiger partial charge in [-0.25, -0.2) is 0 Å². The fourth-order valence-electron chi connectivity index (χ4n) is 5.78. The van der Waals surface area contributed by atoms with Crippen LogP contribution in [0.1, 0.15) is 49.3 Å². The first-order chi connectivity index (χ1) is 16.9. The van der Waals surface area contributed by atoms with Crippen LogP contribution in [0.4, 0.5) is 5.69 Å².